The van der Waals surface area contributed by atoms with Gasteiger partial charge in [-0.2, -0.15) is 13.5 Å². The molecule has 9 heteroatoms. The van der Waals surface area contributed by atoms with Crippen LogP contribution in [0.4, 0.5) is 0 Å². The lowest BCUT2D eigenvalue weighted by atomic mass is 10.1. The van der Waals surface area contributed by atoms with Crippen LogP contribution >= 0.6 is 0 Å². The molecule has 1 atom stereocenters. The highest BCUT2D eigenvalue weighted by molar-refractivity contribution is 7.90. The van der Waals surface area contributed by atoms with Crippen LogP contribution in [0.3, 0.4) is 0 Å². The van der Waals surface area contributed by atoms with Crippen molar-refractivity contribution < 1.29 is 17.9 Å². The number of nitrogens with zero attached hydrogens (tertiary/aromatic N) is 3. The third-order valence-electron chi connectivity index (χ3n) is 3.78. The SMILES string of the molecule is CCN/C(=N\S(=O)(=O)c1ccc2c(c1)OCO2)N1CC(CC)C=N1. The Labute approximate surface area is 141 Å². The van der Waals surface area contributed by atoms with E-state index in [4.69, 9.17) is 9.47 Å². The molecule has 0 fully saturated rings. The summed E-state index contributed by atoms with van der Waals surface area (Å²) >= 11 is 0. The first kappa shape index (κ1) is 16.6. The molecular formula is C15H20N4O4S. The number of benzene rings is 1. The van der Waals surface area contributed by atoms with E-state index in [2.05, 4.69) is 21.7 Å². The Kier molecular flexibility index (Phi) is 4.61. The molecule has 0 spiro atoms. The molecule has 2 aliphatic heterocycles. The lowest BCUT2D eigenvalue weighted by Crippen LogP contribution is -2.38. The Morgan fingerprint density at radius 3 is 2.88 bits per heavy atom. The number of hydrogen-bond donors (Lipinski definition) is 1. The summed E-state index contributed by atoms with van der Waals surface area (Å²) in [5.74, 6) is 1.45. The maximum atomic E-state index is 12.6. The predicted molar refractivity (Wildman–Crippen MR) is 89.8 cm³/mol. The van der Waals surface area contributed by atoms with Crippen LogP contribution in [0.5, 0.6) is 11.5 Å². The molecule has 1 unspecified atom stereocenters. The standard InChI is InChI=1S/C15H20N4O4S/c1-3-11-8-17-19(9-11)15(16-4-2)18-24(20,21)12-5-6-13-14(7-12)23-10-22-13/h5-8,11H,3-4,9-10H2,1-2H3,(H,16,18). The summed E-state index contributed by atoms with van der Waals surface area (Å²) in [7, 11) is -3.89. The molecule has 2 aliphatic rings. The molecule has 1 aromatic rings. The van der Waals surface area contributed by atoms with Crippen LogP contribution in [-0.4, -0.2) is 45.5 Å². The fourth-order valence-corrected chi connectivity index (χ4v) is 3.39. The van der Waals surface area contributed by atoms with Gasteiger partial charge in [-0.1, -0.05) is 6.92 Å². The molecule has 24 heavy (non-hydrogen) atoms. The molecule has 130 valence electrons. The molecule has 8 nitrogen and oxygen atoms in total. The average Bonchev–Trinajstić information content (AvgIpc) is 3.22. The van der Waals surface area contributed by atoms with Crippen LogP contribution in [0.25, 0.3) is 0 Å². The lowest BCUT2D eigenvalue weighted by Gasteiger charge is -2.18. The first-order valence-corrected chi connectivity index (χ1v) is 9.27. The highest BCUT2D eigenvalue weighted by atomic mass is 32.2. The summed E-state index contributed by atoms with van der Waals surface area (Å²) < 4.78 is 39.6. The number of hydrazone groups is 1. The molecule has 0 saturated carbocycles. The zero-order chi connectivity index (χ0) is 17.2. The van der Waals surface area contributed by atoms with Gasteiger partial charge in [0.05, 0.1) is 11.4 Å². The van der Waals surface area contributed by atoms with Crippen molar-refractivity contribution in [3.8, 4) is 11.5 Å². The Morgan fingerprint density at radius 1 is 1.38 bits per heavy atom. The summed E-state index contributed by atoms with van der Waals surface area (Å²) in [6.07, 6.45) is 2.76. The van der Waals surface area contributed by atoms with Gasteiger partial charge in [0.1, 0.15) is 0 Å². The van der Waals surface area contributed by atoms with Crippen molar-refractivity contribution in [3.63, 3.8) is 0 Å². The average molecular weight is 352 g/mol. The van der Waals surface area contributed by atoms with Gasteiger partial charge in [-0.15, -0.1) is 4.40 Å². The lowest BCUT2D eigenvalue weighted by molar-refractivity contribution is 0.174. The van der Waals surface area contributed by atoms with Crippen molar-refractivity contribution in [3.05, 3.63) is 18.2 Å². The van der Waals surface area contributed by atoms with E-state index in [0.29, 0.717) is 30.5 Å². The Bertz CT molecular complexity index is 776. The molecule has 0 saturated heterocycles. The highest BCUT2D eigenvalue weighted by Crippen LogP contribution is 2.34. The third-order valence-corrected chi connectivity index (χ3v) is 5.04. The van der Waals surface area contributed by atoms with Crippen LogP contribution < -0.4 is 14.8 Å². The van der Waals surface area contributed by atoms with Gasteiger partial charge in [-0.25, -0.2) is 5.01 Å². The molecule has 0 bridgehead atoms. The Hall–Kier alpha value is -2.29. The highest BCUT2D eigenvalue weighted by Gasteiger charge is 2.25. The Balaban J connectivity index is 1.89. The topological polar surface area (TPSA) is 92.6 Å². The van der Waals surface area contributed by atoms with Crippen LogP contribution in [-0.2, 0) is 10.0 Å². The molecule has 1 aromatic carbocycles. The monoisotopic (exact) mass is 352 g/mol. The fraction of sp³-hybridized carbons (Fsp3) is 0.467. The molecule has 1 N–H and O–H groups in total. The molecule has 2 heterocycles. The van der Waals surface area contributed by atoms with Gasteiger partial charge in [-0.05, 0) is 25.5 Å². The molecule has 0 amide bonds. The molecule has 0 aliphatic carbocycles. The van der Waals surface area contributed by atoms with E-state index in [1.165, 1.54) is 12.1 Å². The minimum absolute atomic E-state index is 0.0531. The van der Waals surface area contributed by atoms with Gasteiger partial charge < -0.3 is 14.8 Å². The zero-order valence-electron chi connectivity index (χ0n) is 13.6. The first-order chi connectivity index (χ1) is 11.5. The largest absolute Gasteiger partial charge is 0.454 e. The first-order valence-electron chi connectivity index (χ1n) is 7.83. The van der Waals surface area contributed by atoms with Gasteiger partial charge in [0.2, 0.25) is 12.8 Å². The maximum absolute atomic E-state index is 12.6. The van der Waals surface area contributed by atoms with E-state index < -0.39 is 10.0 Å². The predicted octanol–water partition coefficient (Wildman–Crippen LogP) is 1.40. The number of nitrogens with one attached hydrogen (secondary N) is 1. The van der Waals surface area contributed by atoms with E-state index in [0.717, 1.165) is 6.42 Å². The number of sulfonamides is 1. The van der Waals surface area contributed by atoms with Gasteiger partial charge in [0, 0.05) is 24.7 Å². The second-order valence-electron chi connectivity index (χ2n) is 5.45. The minimum atomic E-state index is -3.89. The maximum Gasteiger partial charge on any atom is 0.285 e. The second-order valence-corrected chi connectivity index (χ2v) is 7.05. The second kappa shape index (κ2) is 6.68. The van der Waals surface area contributed by atoms with Crippen molar-refractivity contribution in [2.45, 2.75) is 25.2 Å². The zero-order valence-corrected chi connectivity index (χ0v) is 14.4. The normalized spacial score (nSPS) is 19.8. The molecule has 3 rings (SSSR count). The summed E-state index contributed by atoms with van der Waals surface area (Å²) in [6.45, 7) is 5.18. The van der Waals surface area contributed by atoms with Crippen LogP contribution in [0.15, 0.2) is 32.6 Å². The summed E-state index contributed by atoms with van der Waals surface area (Å²) in [4.78, 5) is 0.0531. The van der Waals surface area contributed by atoms with Crippen molar-refractivity contribution >= 4 is 22.2 Å². The molecular weight excluding hydrogens is 332 g/mol. The summed E-state index contributed by atoms with van der Waals surface area (Å²) in [5, 5.41) is 8.81. The summed E-state index contributed by atoms with van der Waals surface area (Å²) in [6, 6.07) is 4.45. The van der Waals surface area contributed by atoms with Crippen molar-refractivity contribution in [2.75, 3.05) is 19.9 Å². The van der Waals surface area contributed by atoms with Crippen molar-refractivity contribution in [2.24, 2.45) is 15.4 Å². The number of fused-ring (bicyclic) bond motifs is 1. The van der Waals surface area contributed by atoms with Crippen LogP contribution in [0, 0.1) is 5.92 Å². The van der Waals surface area contributed by atoms with Gasteiger partial charge in [0.25, 0.3) is 10.0 Å². The Morgan fingerprint density at radius 2 is 2.17 bits per heavy atom. The van der Waals surface area contributed by atoms with Crippen LogP contribution in [0.1, 0.15) is 20.3 Å². The van der Waals surface area contributed by atoms with Gasteiger partial charge >= 0.3 is 0 Å². The molecule has 0 radical (unpaired) electrons. The number of guanidine groups is 1. The third kappa shape index (κ3) is 3.30. The van der Waals surface area contributed by atoms with E-state index >= 15 is 0 Å². The quantitative estimate of drug-likeness (QED) is 0.650. The summed E-state index contributed by atoms with van der Waals surface area (Å²) in [5.41, 5.74) is 0. The van der Waals surface area contributed by atoms with Crippen molar-refractivity contribution in [1.29, 1.82) is 0 Å². The van der Waals surface area contributed by atoms with E-state index in [-0.39, 0.29) is 17.6 Å². The van der Waals surface area contributed by atoms with Crippen LogP contribution in [0.2, 0.25) is 0 Å². The van der Waals surface area contributed by atoms with E-state index in [1.54, 1.807) is 11.1 Å². The van der Waals surface area contributed by atoms with Gasteiger partial charge in [0.15, 0.2) is 11.5 Å². The van der Waals surface area contributed by atoms with Gasteiger partial charge in [-0.3, -0.25) is 0 Å². The number of ether oxygens (including phenoxy) is 2. The van der Waals surface area contributed by atoms with E-state index in [9.17, 15) is 8.42 Å². The fourth-order valence-electron chi connectivity index (χ4n) is 2.40. The van der Waals surface area contributed by atoms with E-state index in [1.807, 2.05) is 13.1 Å². The minimum Gasteiger partial charge on any atom is -0.454 e. The number of hydrogen-bond acceptors (Lipinski definition) is 5. The molecule has 0 aromatic heterocycles. The smallest absolute Gasteiger partial charge is 0.285 e. The number of rotatable bonds is 4. The van der Waals surface area contributed by atoms with Crippen molar-refractivity contribution in [1.82, 2.24) is 10.3 Å².